The lowest BCUT2D eigenvalue weighted by atomic mass is 10.0. The van der Waals surface area contributed by atoms with E-state index in [0.717, 1.165) is 4.57 Å². The number of methoxy groups -OCH3 is 2. The molecular formula is C25H24N4O8. The van der Waals surface area contributed by atoms with Crippen LogP contribution in [-0.2, 0) is 4.74 Å². The molecule has 37 heavy (non-hydrogen) atoms. The minimum Gasteiger partial charge on any atom is -0.497 e. The summed E-state index contributed by atoms with van der Waals surface area (Å²) >= 11 is 0. The molecular weight excluding hydrogens is 484 g/mol. The highest BCUT2D eigenvalue weighted by atomic mass is 16.6. The summed E-state index contributed by atoms with van der Waals surface area (Å²) in [4.78, 5) is 37.2. The molecule has 1 aliphatic rings. The fourth-order valence-corrected chi connectivity index (χ4v) is 4.29. The molecule has 0 bridgehead atoms. The second kappa shape index (κ2) is 9.75. The third kappa shape index (κ3) is 4.25. The Balaban J connectivity index is 1.80. The maximum Gasteiger partial charge on any atom is 0.332 e. The molecule has 1 saturated heterocycles. The zero-order valence-electron chi connectivity index (χ0n) is 19.9. The van der Waals surface area contributed by atoms with Gasteiger partial charge >= 0.3 is 5.69 Å². The van der Waals surface area contributed by atoms with Gasteiger partial charge in [0, 0.05) is 11.1 Å². The Bertz CT molecular complexity index is 1550. The van der Waals surface area contributed by atoms with Crippen LogP contribution in [0.15, 0.2) is 58.1 Å². The van der Waals surface area contributed by atoms with Crippen molar-refractivity contribution >= 4 is 11.2 Å². The Morgan fingerprint density at radius 3 is 1.92 bits per heavy atom. The number of ether oxygens (including phenoxy) is 3. The first kappa shape index (κ1) is 24.6. The molecule has 1 aliphatic heterocycles. The third-order valence-corrected chi connectivity index (χ3v) is 6.26. The van der Waals surface area contributed by atoms with E-state index in [1.54, 1.807) is 62.8 Å². The fourth-order valence-electron chi connectivity index (χ4n) is 4.29. The molecule has 5 rings (SSSR count). The molecule has 0 amide bonds. The number of aliphatic hydroxyl groups is 3. The van der Waals surface area contributed by atoms with Gasteiger partial charge in [-0.3, -0.25) is 9.78 Å². The van der Waals surface area contributed by atoms with Crippen LogP contribution in [0.2, 0.25) is 0 Å². The number of benzene rings is 2. The molecule has 0 radical (unpaired) electrons. The third-order valence-electron chi connectivity index (χ3n) is 6.26. The smallest absolute Gasteiger partial charge is 0.332 e. The molecule has 12 heteroatoms. The van der Waals surface area contributed by atoms with Crippen LogP contribution in [-0.4, -0.2) is 74.0 Å². The van der Waals surface area contributed by atoms with E-state index >= 15 is 0 Å². The van der Waals surface area contributed by atoms with Crippen molar-refractivity contribution < 1.29 is 29.5 Å². The Kier molecular flexibility index (Phi) is 6.48. The van der Waals surface area contributed by atoms with E-state index < -0.39 is 42.4 Å². The number of aliphatic hydroxyl groups excluding tert-OH is 3. The Morgan fingerprint density at radius 1 is 0.892 bits per heavy atom. The summed E-state index contributed by atoms with van der Waals surface area (Å²) in [5, 5.41) is 30.3. The zero-order chi connectivity index (χ0) is 26.3. The molecule has 4 N–H and O–H groups in total. The van der Waals surface area contributed by atoms with Crippen LogP contribution in [0.4, 0.5) is 0 Å². The molecule has 2 aromatic heterocycles. The Labute approximate surface area is 209 Å². The van der Waals surface area contributed by atoms with Crippen molar-refractivity contribution in [2.24, 2.45) is 0 Å². The lowest BCUT2D eigenvalue weighted by Crippen LogP contribution is -2.39. The van der Waals surface area contributed by atoms with E-state index in [9.17, 15) is 24.9 Å². The van der Waals surface area contributed by atoms with Gasteiger partial charge in [0.05, 0.1) is 32.2 Å². The summed E-state index contributed by atoms with van der Waals surface area (Å²) < 4.78 is 17.0. The normalized spacial score (nSPS) is 21.3. The van der Waals surface area contributed by atoms with E-state index in [-0.39, 0.29) is 11.2 Å². The minimum atomic E-state index is -1.57. The van der Waals surface area contributed by atoms with Gasteiger partial charge in [0.25, 0.3) is 5.56 Å². The lowest BCUT2D eigenvalue weighted by Gasteiger charge is -2.20. The number of aromatic nitrogens is 4. The number of H-pyrrole nitrogens is 1. The van der Waals surface area contributed by atoms with E-state index in [1.807, 2.05) is 0 Å². The number of aromatic amines is 1. The van der Waals surface area contributed by atoms with Crippen molar-refractivity contribution in [3.8, 4) is 34.0 Å². The van der Waals surface area contributed by atoms with E-state index in [4.69, 9.17) is 14.2 Å². The van der Waals surface area contributed by atoms with Gasteiger partial charge < -0.3 is 29.5 Å². The van der Waals surface area contributed by atoms with Crippen molar-refractivity contribution in [2.45, 2.75) is 24.5 Å². The highest BCUT2D eigenvalue weighted by Gasteiger charge is 2.44. The van der Waals surface area contributed by atoms with Gasteiger partial charge in [0.2, 0.25) is 0 Å². The predicted octanol–water partition coefficient (Wildman–Crippen LogP) is 0.443. The number of nitrogens with one attached hydrogen (secondary N) is 1. The summed E-state index contributed by atoms with van der Waals surface area (Å²) in [5.74, 6) is 1.24. The van der Waals surface area contributed by atoms with Crippen LogP contribution in [0.1, 0.15) is 6.23 Å². The number of hydrogen-bond donors (Lipinski definition) is 4. The van der Waals surface area contributed by atoms with Gasteiger partial charge in [-0.2, -0.15) is 0 Å². The number of hydrogen-bond acceptors (Lipinski definition) is 10. The lowest BCUT2D eigenvalue weighted by molar-refractivity contribution is -0.0530. The molecule has 192 valence electrons. The van der Waals surface area contributed by atoms with E-state index in [2.05, 4.69) is 15.0 Å². The van der Waals surface area contributed by atoms with Gasteiger partial charge in [-0.1, -0.05) is 0 Å². The van der Waals surface area contributed by atoms with Gasteiger partial charge in [0.15, 0.2) is 17.4 Å². The average Bonchev–Trinajstić information content (AvgIpc) is 3.21. The van der Waals surface area contributed by atoms with Crippen molar-refractivity contribution in [1.82, 2.24) is 19.5 Å². The van der Waals surface area contributed by atoms with Crippen molar-refractivity contribution in [3.05, 3.63) is 69.4 Å². The highest BCUT2D eigenvalue weighted by Crippen LogP contribution is 2.34. The second-order valence-electron chi connectivity index (χ2n) is 8.41. The summed E-state index contributed by atoms with van der Waals surface area (Å²) in [5.41, 5.74) is -0.103. The van der Waals surface area contributed by atoms with Crippen LogP contribution < -0.4 is 20.7 Å². The molecule has 4 atom stereocenters. The number of nitrogens with zero attached hydrogens (tertiary/aromatic N) is 3. The maximum absolute atomic E-state index is 12.9. The van der Waals surface area contributed by atoms with Gasteiger partial charge in [-0.05, 0) is 48.5 Å². The first-order valence-electron chi connectivity index (χ1n) is 11.3. The largest absolute Gasteiger partial charge is 0.497 e. The molecule has 1 fully saturated rings. The van der Waals surface area contributed by atoms with Gasteiger partial charge in [-0.15, -0.1) is 0 Å². The molecule has 0 unspecified atom stereocenters. The van der Waals surface area contributed by atoms with Gasteiger partial charge in [-0.25, -0.2) is 19.3 Å². The Hall–Kier alpha value is -4.10. The van der Waals surface area contributed by atoms with Crippen molar-refractivity contribution in [1.29, 1.82) is 0 Å². The van der Waals surface area contributed by atoms with Crippen molar-refractivity contribution in [2.75, 3.05) is 20.8 Å². The van der Waals surface area contributed by atoms with Crippen molar-refractivity contribution in [3.63, 3.8) is 0 Å². The van der Waals surface area contributed by atoms with Crippen LogP contribution in [0.25, 0.3) is 33.7 Å². The van der Waals surface area contributed by atoms with Crippen LogP contribution in [0, 0.1) is 0 Å². The topological polar surface area (TPSA) is 169 Å². The highest BCUT2D eigenvalue weighted by molar-refractivity contribution is 5.84. The quantitative estimate of drug-likeness (QED) is 0.287. The summed E-state index contributed by atoms with van der Waals surface area (Å²) in [6.45, 7) is -0.588. The van der Waals surface area contributed by atoms with E-state index in [1.165, 1.54) is 0 Å². The van der Waals surface area contributed by atoms with Crippen LogP contribution in [0.3, 0.4) is 0 Å². The molecule has 4 aromatic rings. The maximum atomic E-state index is 12.9. The summed E-state index contributed by atoms with van der Waals surface area (Å²) in [7, 11) is 3.09. The van der Waals surface area contributed by atoms with E-state index in [0.29, 0.717) is 34.0 Å². The summed E-state index contributed by atoms with van der Waals surface area (Å²) in [6, 6.07) is 14.0. The number of rotatable bonds is 6. The molecule has 3 heterocycles. The molecule has 0 spiro atoms. The SMILES string of the molecule is COc1ccc(-c2nc3c(=O)[nH]c(=O)n([C@@H]4O[C@H](CO)[C@@H](O)[C@H]4O)c3nc2-c2ccc(OC)cc2)cc1. The zero-order valence-corrected chi connectivity index (χ0v) is 19.9. The molecule has 12 nitrogen and oxygen atoms in total. The van der Waals surface area contributed by atoms with Crippen LogP contribution >= 0.6 is 0 Å². The fraction of sp³-hybridized carbons (Fsp3) is 0.280. The average molecular weight is 508 g/mol. The minimum absolute atomic E-state index is 0.160. The summed E-state index contributed by atoms with van der Waals surface area (Å²) in [6.07, 6.45) is -5.60. The Morgan fingerprint density at radius 2 is 1.43 bits per heavy atom. The molecule has 0 saturated carbocycles. The standard InChI is InChI=1S/C25H24N4O8/c1-35-14-7-3-12(4-8-14)17-18(13-5-9-15(36-2)10-6-13)27-22-19(26-17)23(33)28-25(34)29(22)24-21(32)20(31)16(11-30)37-24/h3-10,16,20-21,24,30-32H,11H2,1-2H3,(H,28,33,34)/t16-,20-,21-,24-/m1/s1. The molecule has 2 aromatic carbocycles. The monoisotopic (exact) mass is 508 g/mol. The first-order valence-corrected chi connectivity index (χ1v) is 11.3. The predicted molar refractivity (Wildman–Crippen MR) is 131 cm³/mol. The second-order valence-corrected chi connectivity index (χ2v) is 8.41. The number of fused-ring (bicyclic) bond motifs is 1. The first-order chi connectivity index (χ1) is 17.9. The van der Waals surface area contributed by atoms with Crippen LogP contribution in [0.5, 0.6) is 11.5 Å². The molecule has 0 aliphatic carbocycles. The van der Waals surface area contributed by atoms with Gasteiger partial charge in [0.1, 0.15) is 29.8 Å².